The van der Waals surface area contributed by atoms with E-state index in [1.54, 1.807) is 12.4 Å². The van der Waals surface area contributed by atoms with Crippen molar-refractivity contribution < 1.29 is 4.79 Å². The van der Waals surface area contributed by atoms with Crippen molar-refractivity contribution in [3.63, 3.8) is 0 Å². The molecule has 0 aliphatic carbocycles. The van der Waals surface area contributed by atoms with Gasteiger partial charge >= 0.3 is 0 Å². The van der Waals surface area contributed by atoms with Gasteiger partial charge in [-0.3, -0.25) is 9.78 Å². The van der Waals surface area contributed by atoms with Gasteiger partial charge in [-0.15, -0.1) is 0 Å². The van der Waals surface area contributed by atoms with E-state index in [2.05, 4.69) is 36.8 Å². The summed E-state index contributed by atoms with van der Waals surface area (Å²) in [6, 6.07) is 13.1. The zero-order valence-corrected chi connectivity index (χ0v) is 13.5. The summed E-state index contributed by atoms with van der Waals surface area (Å²) in [5.41, 5.74) is 1.34. The van der Waals surface area contributed by atoms with E-state index in [9.17, 15) is 4.79 Å². The third-order valence-electron chi connectivity index (χ3n) is 3.10. The largest absolute Gasteiger partial charge is 0.289 e. The summed E-state index contributed by atoms with van der Waals surface area (Å²) in [6.45, 7) is 0. The molecule has 2 nitrogen and oxygen atoms in total. The molecule has 0 saturated carbocycles. The smallest absolute Gasteiger partial charge is 0.194 e. The molecule has 0 amide bonds. The summed E-state index contributed by atoms with van der Waals surface area (Å²) in [5.74, 6) is 0.00109. The molecule has 0 atom stereocenters. The van der Waals surface area contributed by atoms with E-state index in [0.717, 1.165) is 19.7 Å². The number of rotatable bonds is 2. The molecular weight excluding hydrogens is 382 g/mol. The molecule has 0 saturated heterocycles. The SMILES string of the molecule is O=C(c1ccc(Br)cc1Br)c1cccc2cnccc12. The minimum absolute atomic E-state index is 0.00109. The number of benzene rings is 2. The molecular formula is C16H9Br2NO. The minimum atomic E-state index is 0.00109. The van der Waals surface area contributed by atoms with E-state index in [1.807, 2.05) is 42.5 Å². The van der Waals surface area contributed by atoms with E-state index in [1.165, 1.54) is 0 Å². The van der Waals surface area contributed by atoms with Crippen LogP contribution in [0.1, 0.15) is 15.9 Å². The molecule has 0 spiro atoms. The van der Waals surface area contributed by atoms with Crippen LogP contribution in [0.25, 0.3) is 10.8 Å². The molecule has 1 heterocycles. The molecule has 4 heteroatoms. The molecule has 3 aromatic rings. The zero-order valence-electron chi connectivity index (χ0n) is 10.3. The number of hydrogen-bond acceptors (Lipinski definition) is 2. The molecule has 0 N–H and O–H groups in total. The number of hydrogen-bond donors (Lipinski definition) is 0. The normalized spacial score (nSPS) is 10.7. The number of nitrogens with zero attached hydrogens (tertiary/aromatic N) is 1. The molecule has 0 aliphatic heterocycles. The van der Waals surface area contributed by atoms with E-state index >= 15 is 0 Å². The molecule has 98 valence electrons. The molecule has 0 fully saturated rings. The van der Waals surface area contributed by atoms with Crippen LogP contribution in [0.4, 0.5) is 0 Å². The van der Waals surface area contributed by atoms with Gasteiger partial charge in [-0.25, -0.2) is 0 Å². The molecule has 1 aromatic heterocycles. The number of pyridine rings is 1. The predicted molar refractivity (Wildman–Crippen MR) is 87.0 cm³/mol. The summed E-state index contributed by atoms with van der Waals surface area (Å²) in [7, 11) is 0. The van der Waals surface area contributed by atoms with E-state index in [0.29, 0.717) is 11.1 Å². The van der Waals surface area contributed by atoms with Crippen molar-refractivity contribution in [1.82, 2.24) is 4.98 Å². The fourth-order valence-corrected chi connectivity index (χ4v) is 3.37. The summed E-state index contributed by atoms with van der Waals surface area (Å²) >= 11 is 6.84. The van der Waals surface area contributed by atoms with Crippen molar-refractivity contribution >= 4 is 48.4 Å². The molecule has 20 heavy (non-hydrogen) atoms. The van der Waals surface area contributed by atoms with Crippen molar-refractivity contribution in [2.45, 2.75) is 0 Å². The minimum Gasteiger partial charge on any atom is -0.289 e. The predicted octanol–water partition coefficient (Wildman–Crippen LogP) is 4.99. The lowest BCUT2D eigenvalue weighted by atomic mass is 9.98. The highest BCUT2D eigenvalue weighted by Gasteiger charge is 2.15. The first-order chi connectivity index (χ1) is 9.66. The van der Waals surface area contributed by atoms with Crippen LogP contribution in [0, 0.1) is 0 Å². The molecule has 0 radical (unpaired) electrons. The first-order valence-electron chi connectivity index (χ1n) is 5.99. The summed E-state index contributed by atoms with van der Waals surface area (Å²) in [6.07, 6.45) is 3.47. The number of carbonyl (C=O) groups is 1. The first kappa shape index (κ1) is 13.5. The lowest BCUT2D eigenvalue weighted by Gasteiger charge is -2.07. The Hall–Kier alpha value is -1.52. The van der Waals surface area contributed by atoms with Crippen LogP contribution in [0.5, 0.6) is 0 Å². The van der Waals surface area contributed by atoms with Crippen molar-refractivity contribution in [2.75, 3.05) is 0 Å². The van der Waals surface area contributed by atoms with Crippen LogP contribution in [0.3, 0.4) is 0 Å². The van der Waals surface area contributed by atoms with Gasteiger partial charge in [-0.05, 0) is 45.6 Å². The van der Waals surface area contributed by atoms with Crippen LogP contribution >= 0.6 is 31.9 Å². The second-order valence-electron chi connectivity index (χ2n) is 4.36. The third-order valence-corrected chi connectivity index (χ3v) is 4.25. The highest BCUT2D eigenvalue weighted by atomic mass is 79.9. The van der Waals surface area contributed by atoms with Gasteiger partial charge < -0.3 is 0 Å². The molecule has 0 bridgehead atoms. The van der Waals surface area contributed by atoms with Gasteiger partial charge in [0.15, 0.2) is 5.78 Å². The Balaban J connectivity index is 2.18. The van der Waals surface area contributed by atoms with Crippen LogP contribution in [0.2, 0.25) is 0 Å². The Morgan fingerprint density at radius 1 is 1.00 bits per heavy atom. The molecule has 0 aliphatic rings. The lowest BCUT2D eigenvalue weighted by Crippen LogP contribution is -2.03. The van der Waals surface area contributed by atoms with Gasteiger partial charge in [0, 0.05) is 37.9 Å². The summed E-state index contributed by atoms with van der Waals surface area (Å²) in [4.78, 5) is 16.8. The Morgan fingerprint density at radius 2 is 1.85 bits per heavy atom. The van der Waals surface area contributed by atoms with Crippen molar-refractivity contribution in [2.24, 2.45) is 0 Å². The highest BCUT2D eigenvalue weighted by molar-refractivity contribution is 9.11. The fraction of sp³-hybridized carbons (Fsp3) is 0. The van der Waals surface area contributed by atoms with Gasteiger partial charge in [0.05, 0.1) is 0 Å². The lowest BCUT2D eigenvalue weighted by molar-refractivity contribution is 0.103. The number of carbonyl (C=O) groups excluding carboxylic acids is 1. The average molecular weight is 391 g/mol. The number of ketones is 1. The second kappa shape index (κ2) is 5.46. The van der Waals surface area contributed by atoms with Crippen LogP contribution in [-0.4, -0.2) is 10.8 Å². The standard InChI is InChI=1S/C16H9Br2NO/c17-11-4-5-14(15(18)8-11)16(20)13-3-1-2-10-9-19-7-6-12(10)13/h1-9H. The maximum Gasteiger partial charge on any atom is 0.194 e. The van der Waals surface area contributed by atoms with Gasteiger partial charge in [-0.1, -0.05) is 34.1 Å². The quantitative estimate of drug-likeness (QED) is 0.577. The second-order valence-corrected chi connectivity index (χ2v) is 6.13. The van der Waals surface area contributed by atoms with Crippen molar-refractivity contribution in [3.05, 3.63) is 74.9 Å². The Kier molecular flexibility index (Phi) is 3.68. The summed E-state index contributed by atoms with van der Waals surface area (Å²) in [5, 5.41) is 1.88. The van der Waals surface area contributed by atoms with Crippen LogP contribution < -0.4 is 0 Å². The molecule has 0 unspecified atom stereocenters. The average Bonchev–Trinajstić information content (AvgIpc) is 2.46. The molecule has 2 aromatic carbocycles. The van der Waals surface area contributed by atoms with Crippen LogP contribution in [-0.2, 0) is 0 Å². The first-order valence-corrected chi connectivity index (χ1v) is 7.58. The number of fused-ring (bicyclic) bond motifs is 1. The Morgan fingerprint density at radius 3 is 2.65 bits per heavy atom. The monoisotopic (exact) mass is 389 g/mol. The number of halogens is 2. The van der Waals surface area contributed by atoms with Crippen molar-refractivity contribution in [3.8, 4) is 0 Å². The van der Waals surface area contributed by atoms with Crippen LogP contribution in [0.15, 0.2) is 63.8 Å². The van der Waals surface area contributed by atoms with Gasteiger partial charge in [0.1, 0.15) is 0 Å². The van der Waals surface area contributed by atoms with E-state index < -0.39 is 0 Å². The Labute approximate surface area is 133 Å². The van der Waals surface area contributed by atoms with Gasteiger partial charge in [0.2, 0.25) is 0 Å². The van der Waals surface area contributed by atoms with E-state index in [4.69, 9.17) is 0 Å². The fourth-order valence-electron chi connectivity index (χ4n) is 2.14. The topological polar surface area (TPSA) is 30.0 Å². The Bertz CT molecular complexity index is 809. The van der Waals surface area contributed by atoms with E-state index in [-0.39, 0.29) is 5.78 Å². The number of aromatic nitrogens is 1. The third kappa shape index (κ3) is 2.41. The van der Waals surface area contributed by atoms with Gasteiger partial charge in [-0.2, -0.15) is 0 Å². The zero-order chi connectivity index (χ0) is 14.1. The summed E-state index contributed by atoms with van der Waals surface area (Å²) < 4.78 is 1.71. The van der Waals surface area contributed by atoms with Crippen molar-refractivity contribution in [1.29, 1.82) is 0 Å². The molecule has 3 rings (SSSR count). The van der Waals surface area contributed by atoms with Gasteiger partial charge in [0.25, 0.3) is 0 Å². The maximum absolute atomic E-state index is 12.7. The maximum atomic E-state index is 12.7. The highest BCUT2D eigenvalue weighted by Crippen LogP contribution is 2.27.